The standard InChI is InChI=1S/C35H60N2O4Si/c1-10-25-29-21-24(41-42(8,9)33(3,4)5)13-16-35(29,7)28-14-17-34(6)26(11-12-27(34)30(28)31(25)38)23(2)15-20-40-32(39)37-19-18-36-22-37/h18-19,22-31,38H,10-17,20-21H2,1-9H3/t23-,24?,25-,26-,27+,28+,29?,30+,31-,34-,35-/m1/s1. The summed E-state index contributed by atoms with van der Waals surface area (Å²) in [4.78, 5) is 16.2. The van der Waals surface area contributed by atoms with Crippen molar-refractivity contribution in [3.8, 4) is 0 Å². The number of aliphatic hydroxyl groups excluding tert-OH is 1. The van der Waals surface area contributed by atoms with Crippen molar-refractivity contribution >= 4 is 14.4 Å². The van der Waals surface area contributed by atoms with Gasteiger partial charge in [-0.15, -0.1) is 0 Å². The molecule has 11 atom stereocenters. The van der Waals surface area contributed by atoms with Gasteiger partial charge in [-0.25, -0.2) is 14.3 Å². The van der Waals surface area contributed by atoms with Crippen LogP contribution in [-0.4, -0.2) is 47.9 Å². The van der Waals surface area contributed by atoms with E-state index in [9.17, 15) is 9.90 Å². The normalized spacial score (nSPS) is 41.0. The Labute approximate surface area is 256 Å². The summed E-state index contributed by atoms with van der Waals surface area (Å²) in [6.45, 7) is 22.1. The third kappa shape index (κ3) is 5.46. The number of carbonyl (C=O) groups is 1. The lowest BCUT2D eigenvalue weighted by Crippen LogP contribution is -2.62. The van der Waals surface area contributed by atoms with Gasteiger partial charge >= 0.3 is 6.09 Å². The van der Waals surface area contributed by atoms with Crippen LogP contribution in [-0.2, 0) is 9.16 Å². The highest BCUT2D eigenvalue weighted by atomic mass is 28.4. The van der Waals surface area contributed by atoms with E-state index in [0.717, 1.165) is 19.3 Å². The molecule has 4 aliphatic rings. The molecule has 0 aliphatic heterocycles. The first kappa shape index (κ1) is 32.2. The number of imidazole rings is 1. The molecule has 0 bridgehead atoms. The van der Waals surface area contributed by atoms with Crippen molar-refractivity contribution in [1.29, 1.82) is 0 Å². The fourth-order valence-electron chi connectivity index (χ4n) is 10.6. The first-order valence-electron chi connectivity index (χ1n) is 17.1. The van der Waals surface area contributed by atoms with Gasteiger partial charge in [0.25, 0.3) is 0 Å². The molecule has 0 saturated heterocycles. The molecule has 1 aromatic heterocycles. The summed E-state index contributed by atoms with van der Waals surface area (Å²) in [6, 6.07) is 0. The second kappa shape index (κ2) is 11.6. The fourth-order valence-corrected chi connectivity index (χ4v) is 12.0. The largest absolute Gasteiger partial charge is 0.449 e. The van der Waals surface area contributed by atoms with Gasteiger partial charge in [-0.1, -0.05) is 54.9 Å². The van der Waals surface area contributed by atoms with E-state index < -0.39 is 8.32 Å². The van der Waals surface area contributed by atoms with Gasteiger partial charge in [-0.3, -0.25) is 0 Å². The predicted octanol–water partition coefficient (Wildman–Crippen LogP) is 8.55. The zero-order valence-corrected chi connectivity index (χ0v) is 29.1. The molecule has 5 rings (SSSR count). The summed E-state index contributed by atoms with van der Waals surface area (Å²) in [5.41, 5.74) is 0.546. The molecule has 238 valence electrons. The van der Waals surface area contributed by atoms with Gasteiger partial charge in [0.05, 0.1) is 12.7 Å². The minimum atomic E-state index is -1.83. The Hall–Kier alpha value is -1.18. The molecule has 42 heavy (non-hydrogen) atoms. The topological polar surface area (TPSA) is 73.6 Å². The SMILES string of the molecule is CC[C@@H]1C2CC(O[Si](C)(C)C(C)(C)C)CC[C@]2(C)[C@H]2CC[C@]3(C)[C@@H]([C@H](C)CCOC(=O)n4ccnc4)CC[C@H]3[C@@H]2[C@@H]1O. The Morgan fingerprint density at radius 3 is 2.43 bits per heavy atom. The molecule has 7 heteroatoms. The average Bonchev–Trinajstić information content (AvgIpc) is 3.57. The maximum atomic E-state index is 12.3. The number of ether oxygens (including phenoxy) is 1. The number of carbonyl (C=O) groups excluding carboxylic acids is 1. The molecule has 1 N–H and O–H groups in total. The minimum Gasteiger partial charge on any atom is -0.449 e. The van der Waals surface area contributed by atoms with Crippen LogP contribution >= 0.6 is 0 Å². The van der Waals surface area contributed by atoms with Gasteiger partial charge < -0.3 is 14.3 Å². The molecule has 0 aromatic carbocycles. The molecular weight excluding hydrogens is 540 g/mol. The van der Waals surface area contributed by atoms with Crippen LogP contribution in [0.15, 0.2) is 18.7 Å². The molecule has 1 heterocycles. The quantitative estimate of drug-likeness (QED) is 0.318. The Kier molecular flexibility index (Phi) is 8.92. The van der Waals surface area contributed by atoms with Gasteiger partial charge in [0.15, 0.2) is 8.32 Å². The molecule has 1 aromatic rings. The highest BCUT2D eigenvalue weighted by molar-refractivity contribution is 6.74. The van der Waals surface area contributed by atoms with E-state index in [4.69, 9.17) is 9.16 Å². The van der Waals surface area contributed by atoms with E-state index in [0.29, 0.717) is 59.6 Å². The van der Waals surface area contributed by atoms with Gasteiger partial charge in [0.1, 0.15) is 6.33 Å². The highest BCUT2D eigenvalue weighted by Gasteiger charge is 2.65. The summed E-state index contributed by atoms with van der Waals surface area (Å²) in [5.74, 6) is 3.61. The first-order chi connectivity index (χ1) is 19.6. The smallest absolute Gasteiger partial charge is 0.419 e. The number of fused-ring (bicyclic) bond motifs is 5. The van der Waals surface area contributed by atoms with E-state index in [1.807, 2.05) is 0 Å². The maximum absolute atomic E-state index is 12.3. The maximum Gasteiger partial charge on any atom is 0.419 e. The van der Waals surface area contributed by atoms with Crippen molar-refractivity contribution in [2.24, 2.45) is 52.3 Å². The van der Waals surface area contributed by atoms with Crippen LogP contribution in [0.3, 0.4) is 0 Å². The minimum absolute atomic E-state index is 0.209. The van der Waals surface area contributed by atoms with Crippen molar-refractivity contribution in [2.45, 2.75) is 137 Å². The summed E-state index contributed by atoms with van der Waals surface area (Å²) in [6.07, 6.45) is 15.0. The number of aromatic nitrogens is 2. The molecule has 6 nitrogen and oxygen atoms in total. The highest BCUT2D eigenvalue weighted by Crippen LogP contribution is 2.69. The summed E-state index contributed by atoms with van der Waals surface area (Å²) in [7, 11) is -1.83. The Morgan fingerprint density at radius 2 is 1.79 bits per heavy atom. The zero-order valence-electron chi connectivity index (χ0n) is 28.1. The van der Waals surface area contributed by atoms with Crippen LogP contribution in [0.5, 0.6) is 0 Å². The van der Waals surface area contributed by atoms with Crippen molar-refractivity contribution in [1.82, 2.24) is 9.55 Å². The molecule has 0 amide bonds. The predicted molar refractivity (Wildman–Crippen MR) is 171 cm³/mol. The van der Waals surface area contributed by atoms with Gasteiger partial charge in [0, 0.05) is 18.5 Å². The summed E-state index contributed by atoms with van der Waals surface area (Å²) < 4.78 is 14.0. The van der Waals surface area contributed by atoms with E-state index in [1.54, 1.807) is 12.4 Å². The van der Waals surface area contributed by atoms with Crippen LogP contribution in [0.2, 0.25) is 18.1 Å². The number of aliphatic hydroxyl groups is 1. The second-order valence-electron chi connectivity index (χ2n) is 16.8. The van der Waals surface area contributed by atoms with E-state index in [-0.39, 0.29) is 22.7 Å². The monoisotopic (exact) mass is 600 g/mol. The fraction of sp³-hybridized carbons (Fsp3) is 0.886. The van der Waals surface area contributed by atoms with Gasteiger partial charge in [-0.05, 0) is 122 Å². The van der Waals surface area contributed by atoms with Crippen LogP contribution in [0.25, 0.3) is 0 Å². The van der Waals surface area contributed by atoms with Crippen LogP contribution in [0, 0.1) is 52.3 Å². The molecule has 2 unspecified atom stereocenters. The van der Waals surface area contributed by atoms with Gasteiger partial charge in [0.2, 0.25) is 0 Å². The lowest BCUT2D eigenvalue weighted by Gasteiger charge is -2.65. The molecular formula is C35H60N2O4Si. The van der Waals surface area contributed by atoms with Crippen molar-refractivity contribution < 1.29 is 19.1 Å². The van der Waals surface area contributed by atoms with Crippen LogP contribution < -0.4 is 0 Å². The second-order valence-corrected chi connectivity index (χ2v) is 21.6. The average molecular weight is 601 g/mol. The Balaban J connectivity index is 1.29. The number of hydrogen-bond acceptors (Lipinski definition) is 5. The number of hydrogen-bond donors (Lipinski definition) is 1. The first-order valence-corrected chi connectivity index (χ1v) is 20.1. The number of nitrogens with zero attached hydrogens (tertiary/aromatic N) is 2. The van der Waals surface area contributed by atoms with Crippen molar-refractivity contribution in [3.63, 3.8) is 0 Å². The molecule has 0 spiro atoms. The Morgan fingerprint density at radius 1 is 1.10 bits per heavy atom. The Bertz CT molecular complexity index is 1090. The third-order valence-corrected chi connectivity index (χ3v) is 18.4. The van der Waals surface area contributed by atoms with Crippen molar-refractivity contribution in [2.75, 3.05) is 6.61 Å². The number of rotatable bonds is 7. The van der Waals surface area contributed by atoms with E-state index in [2.05, 4.69) is 66.5 Å². The van der Waals surface area contributed by atoms with E-state index >= 15 is 0 Å². The third-order valence-electron chi connectivity index (χ3n) is 13.9. The molecule has 0 radical (unpaired) electrons. The van der Waals surface area contributed by atoms with E-state index in [1.165, 1.54) is 49.4 Å². The lowest BCUT2D eigenvalue weighted by atomic mass is 9.41. The van der Waals surface area contributed by atoms with Crippen molar-refractivity contribution in [3.05, 3.63) is 18.7 Å². The lowest BCUT2D eigenvalue weighted by molar-refractivity contribution is -0.202. The molecule has 4 saturated carbocycles. The van der Waals surface area contributed by atoms with Gasteiger partial charge in [-0.2, -0.15) is 0 Å². The van der Waals surface area contributed by atoms with Crippen LogP contribution in [0.4, 0.5) is 4.79 Å². The molecule has 4 fully saturated rings. The summed E-state index contributed by atoms with van der Waals surface area (Å²) in [5, 5.41) is 12.5. The summed E-state index contributed by atoms with van der Waals surface area (Å²) >= 11 is 0. The molecule has 4 aliphatic carbocycles. The van der Waals surface area contributed by atoms with Crippen LogP contribution in [0.1, 0.15) is 106 Å². The zero-order chi connectivity index (χ0) is 30.7.